The van der Waals surface area contributed by atoms with Gasteiger partial charge in [-0.1, -0.05) is 158 Å². The summed E-state index contributed by atoms with van der Waals surface area (Å²) < 4.78 is 5.63. The maximum Gasteiger partial charge on any atom is 0.0808 e. The van der Waals surface area contributed by atoms with E-state index in [1.165, 1.54) is 26.5 Å². The third kappa shape index (κ3) is 6.15. The summed E-state index contributed by atoms with van der Waals surface area (Å²) in [4.78, 5) is 5.19. The minimum Gasteiger partial charge on any atom is -0.283 e. The number of hydrogen-bond acceptors (Lipinski definition) is 2. The molecule has 0 atom stereocenters. The van der Waals surface area contributed by atoms with Crippen LogP contribution >= 0.6 is 15.0 Å². The fourth-order valence-electron chi connectivity index (χ4n) is 5.22. The summed E-state index contributed by atoms with van der Waals surface area (Å²) in [6.07, 6.45) is 0.896. The van der Waals surface area contributed by atoms with Crippen LogP contribution in [-0.2, 0) is 12.7 Å². The molecule has 0 bridgehead atoms. The Morgan fingerprint density at radius 1 is 0.439 bits per heavy atom. The zero-order chi connectivity index (χ0) is 27.7. The van der Waals surface area contributed by atoms with E-state index in [0.717, 1.165) is 17.5 Å². The molecule has 0 aliphatic rings. The molecule has 0 spiro atoms. The zero-order valence-corrected chi connectivity index (χ0v) is 24.7. The molecule has 0 aliphatic carbocycles. The van der Waals surface area contributed by atoms with Crippen LogP contribution in [0.25, 0.3) is 0 Å². The van der Waals surface area contributed by atoms with Gasteiger partial charge in [-0.25, -0.2) is 0 Å². The molecule has 0 saturated heterocycles. The number of hydrogen-bond donors (Lipinski definition) is 0. The van der Waals surface area contributed by atoms with Gasteiger partial charge < -0.3 is 0 Å². The topological polar surface area (TPSA) is 25.2 Å². The summed E-state index contributed by atoms with van der Waals surface area (Å²) in [5.41, 5.74) is 2.12. The van der Waals surface area contributed by atoms with E-state index in [1.807, 2.05) is 0 Å². The normalized spacial score (nSPS) is 11.3. The number of pyridine rings is 1. The minimum absolute atomic E-state index is 0.550. The molecule has 1 heterocycles. The number of aromatic nitrogens is 1. The fraction of sp³-hybridized carbons (Fsp3) is 0.0541. The molecule has 1 aromatic heterocycles. The van der Waals surface area contributed by atoms with Crippen LogP contribution in [0.3, 0.4) is 0 Å². The van der Waals surface area contributed by atoms with Crippen molar-refractivity contribution in [3.05, 3.63) is 181 Å². The van der Waals surface area contributed by atoms with Gasteiger partial charge in [0.1, 0.15) is 0 Å². The Morgan fingerprint density at radius 2 is 0.829 bits per heavy atom. The molecule has 0 fully saturated rings. The molecule has 0 unspecified atom stereocenters. The van der Waals surface area contributed by atoms with Crippen LogP contribution in [0.15, 0.2) is 175 Å². The van der Waals surface area contributed by atoms with E-state index in [-0.39, 0.29) is 0 Å². The van der Waals surface area contributed by atoms with Crippen LogP contribution in [0.4, 0.5) is 0 Å². The van der Waals surface area contributed by atoms with Crippen LogP contribution in [0.1, 0.15) is 11.4 Å². The second-order valence-electron chi connectivity index (χ2n) is 9.82. The molecule has 0 saturated carbocycles. The van der Waals surface area contributed by atoms with Crippen molar-refractivity contribution in [2.45, 2.75) is 12.7 Å². The number of rotatable bonds is 9. The second-order valence-corrected chi connectivity index (χ2v) is 15.1. The quantitative estimate of drug-likeness (QED) is 0.168. The van der Waals surface area contributed by atoms with Crippen molar-refractivity contribution < 1.29 is 0 Å². The smallest absolute Gasteiger partial charge is 0.0808 e. The summed E-state index contributed by atoms with van der Waals surface area (Å²) in [5, 5.41) is 6.50. The lowest BCUT2D eigenvalue weighted by molar-refractivity contribution is 0.974. The average molecular weight is 567 g/mol. The summed E-state index contributed by atoms with van der Waals surface area (Å²) >= 11 is 0. The first-order chi connectivity index (χ1) is 20.3. The third-order valence-electron chi connectivity index (χ3n) is 7.15. The first kappa shape index (κ1) is 27.1. The Hall–Kier alpha value is -4.09. The molecule has 6 rings (SSSR count). The molecule has 2 nitrogen and oxygen atoms in total. The standard InChI is InChI=1S/C37H32N2P2/c1-6-19-33(20-7-1)40(34-21-8-2-9-22-34)30-32-18-16-17-31(39-32)29-38-41(35-23-10-3-11-24-35,36-25-12-4-13-26-36)37-27-14-5-15-28-37/h1-28H,29-30H2. The summed E-state index contributed by atoms with van der Waals surface area (Å²) in [5.74, 6) is 0. The van der Waals surface area contributed by atoms with Gasteiger partial charge in [-0.2, -0.15) is 0 Å². The molecule has 200 valence electrons. The molecule has 0 amide bonds. The predicted molar refractivity (Wildman–Crippen MR) is 178 cm³/mol. The second kappa shape index (κ2) is 13.0. The Kier molecular flexibility index (Phi) is 8.63. The molecule has 0 aliphatic heterocycles. The highest BCUT2D eigenvalue weighted by atomic mass is 31.2. The van der Waals surface area contributed by atoms with Crippen LogP contribution in [0, 0.1) is 0 Å². The summed E-state index contributed by atoms with van der Waals surface area (Å²) in [6, 6.07) is 60.5. The van der Waals surface area contributed by atoms with Crippen molar-refractivity contribution in [1.82, 2.24) is 4.98 Å². The van der Waals surface area contributed by atoms with Crippen LogP contribution < -0.4 is 26.5 Å². The highest BCUT2D eigenvalue weighted by Crippen LogP contribution is 2.47. The van der Waals surface area contributed by atoms with Gasteiger partial charge in [0.25, 0.3) is 0 Å². The molecular weight excluding hydrogens is 534 g/mol. The first-order valence-corrected chi connectivity index (χ1v) is 17.2. The van der Waals surface area contributed by atoms with Gasteiger partial charge in [0.05, 0.1) is 19.3 Å². The maximum atomic E-state index is 5.63. The lowest BCUT2D eigenvalue weighted by Crippen LogP contribution is -2.25. The lowest BCUT2D eigenvalue weighted by Gasteiger charge is -2.27. The number of nitrogens with zero attached hydrogens (tertiary/aromatic N) is 2. The van der Waals surface area contributed by atoms with E-state index < -0.39 is 15.0 Å². The highest BCUT2D eigenvalue weighted by molar-refractivity contribution is 7.87. The Bertz CT molecular complexity index is 1580. The van der Waals surface area contributed by atoms with Crippen LogP contribution in [-0.4, -0.2) is 4.98 Å². The average Bonchev–Trinajstić information content (AvgIpc) is 3.06. The van der Waals surface area contributed by atoms with E-state index in [4.69, 9.17) is 9.73 Å². The predicted octanol–water partition coefficient (Wildman–Crippen LogP) is 7.39. The van der Waals surface area contributed by atoms with Crippen LogP contribution in [0.5, 0.6) is 0 Å². The molecular formula is C37H32N2P2. The van der Waals surface area contributed by atoms with Gasteiger partial charge in [-0.05, 0) is 30.7 Å². The van der Waals surface area contributed by atoms with E-state index in [0.29, 0.717) is 6.54 Å². The van der Waals surface area contributed by atoms with E-state index in [2.05, 4.69) is 170 Å². The molecule has 6 aromatic rings. The molecule has 41 heavy (non-hydrogen) atoms. The lowest BCUT2D eigenvalue weighted by atomic mass is 10.3. The molecule has 5 aromatic carbocycles. The molecule has 4 heteroatoms. The zero-order valence-electron chi connectivity index (χ0n) is 22.9. The maximum absolute atomic E-state index is 5.63. The van der Waals surface area contributed by atoms with Gasteiger partial charge in [0.15, 0.2) is 0 Å². The Balaban J connectivity index is 1.41. The Morgan fingerprint density at radius 3 is 1.27 bits per heavy atom. The van der Waals surface area contributed by atoms with Gasteiger partial charge in [-0.3, -0.25) is 9.73 Å². The van der Waals surface area contributed by atoms with Crippen molar-refractivity contribution in [1.29, 1.82) is 0 Å². The van der Waals surface area contributed by atoms with Gasteiger partial charge >= 0.3 is 0 Å². The van der Waals surface area contributed by atoms with Gasteiger partial charge in [0, 0.05) is 27.8 Å². The number of benzene rings is 5. The SMILES string of the molecule is c1ccc(P(Cc2cccc(CN=P(c3ccccc3)(c3ccccc3)c3ccccc3)n2)c2ccccc2)cc1. The monoisotopic (exact) mass is 566 g/mol. The van der Waals surface area contributed by atoms with E-state index in [1.54, 1.807) is 0 Å². The van der Waals surface area contributed by atoms with Crippen molar-refractivity contribution in [2.24, 2.45) is 4.74 Å². The van der Waals surface area contributed by atoms with Crippen molar-refractivity contribution in [3.8, 4) is 0 Å². The van der Waals surface area contributed by atoms with Crippen molar-refractivity contribution >= 4 is 41.5 Å². The summed E-state index contributed by atoms with van der Waals surface area (Å²) in [6.45, 7) is 0.550. The fourth-order valence-corrected chi connectivity index (χ4v) is 11.0. The van der Waals surface area contributed by atoms with Gasteiger partial charge in [0.2, 0.25) is 0 Å². The largest absolute Gasteiger partial charge is 0.283 e. The van der Waals surface area contributed by atoms with E-state index >= 15 is 0 Å². The Labute approximate surface area is 244 Å². The van der Waals surface area contributed by atoms with Gasteiger partial charge in [-0.15, -0.1) is 0 Å². The summed E-state index contributed by atoms with van der Waals surface area (Å²) in [7, 11) is -2.83. The molecule has 0 radical (unpaired) electrons. The van der Waals surface area contributed by atoms with Crippen molar-refractivity contribution in [2.75, 3.05) is 0 Å². The minimum atomic E-state index is -2.27. The van der Waals surface area contributed by atoms with E-state index in [9.17, 15) is 0 Å². The van der Waals surface area contributed by atoms with Crippen molar-refractivity contribution in [3.63, 3.8) is 0 Å². The first-order valence-electron chi connectivity index (χ1n) is 13.9. The van der Waals surface area contributed by atoms with Crippen LogP contribution in [0.2, 0.25) is 0 Å². The molecule has 0 N–H and O–H groups in total. The third-order valence-corrected chi connectivity index (χ3v) is 13.3. The highest BCUT2D eigenvalue weighted by Gasteiger charge is 2.27.